The van der Waals surface area contributed by atoms with E-state index in [0.29, 0.717) is 11.3 Å². The summed E-state index contributed by atoms with van der Waals surface area (Å²) < 4.78 is 30.5. The minimum absolute atomic E-state index is 0.0178. The summed E-state index contributed by atoms with van der Waals surface area (Å²) in [7, 11) is 0. The highest BCUT2D eigenvalue weighted by atomic mass is 32.2. The average Bonchev–Trinajstić information content (AvgIpc) is 2.56. The molecule has 0 saturated heterocycles. The zero-order chi connectivity index (χ0) is 18.8. The molecule has 0 bridgehead atoms. The Morgan fingerprint density at radius 3 is 2.60 bits per heavy atom. The van der Waals surface area contributed by atoms with Crippen LogP contribution in [0.4, 0.5) is 13.6 Å². The Labute approximate surface area is 148 Å². The summed E-state index contributed by atoms with van der Waals surface area (Å²) in [6.45, 7) is 3.10. The summed E-state index contributed by atoms with van der Waals surface area (Å²) in [5.74, 6) is -2.98. The van der Waals surface area contributed by atoms with Gasteiger partial charge in [0.25, 0.3) is 5.91 Å². The second-order valence-corrected chi connectivity index (χ2v) is 6.33. The zero-order valence-electron chi connectivity index (χ0n) is 13.9. The Morgan fingerprint density at radius 1 is 1.24 bits per heavy atom. The Balaban J connectivity index is 2.22. The number of nitrogens with one attached hydrogen (secondary N) is 2. The number of hydrogen-bond acceptors (Lipinski definition) is 5. The van der Waals surface area contributed by atoms with Gasteiger partial charge in [0, 0.05) is 16.7 Å². The predicted octanol–water partition coefficient (Wildman–Crippen LogP) is 2.61. The summed E-state index contributed by atoms with van der Waals surface area (Å²) >= 11 is 1.15. The fourth-order valence-electron chi connectivity index (χ4n) is 1.56. The summed E-state index contributed by atoms with van der Waals surface area (Å²) in [6, 6.07) is 2.71. The molecule has 0 radical (unpaired) electrons. The number of carbonyl (C=O) groups excluding carboxylic acids is 3. The van der Waals surface area contributed by atoms with Crippen molar-refractivity contribution in [3.05, 3.63) is 29.8 Å². The smallest absolute Gasteiger partial charge is 0.321 e. The van der Waals surface area contributed by atoms with Gasteiger partial charge >= 0.3 is 12.0 Å². The highest BCUT2D eigenvalue weighted by Gasteiger charge is 2.12. The highest BCUT2D eigenvalue weighted by molar-refractivity contribution is 7.99. The first-order valence-electron chi connectivity index (χ1n) is 7.65. The van der Waals surface area contributed by atoms with Crippen molar-refractivity contribution in [1.82, 2.24) is 10.6 Å². The molecule has 0 aliphatic carbocycles. The quantitative estimate of drug-likeness (QED) is 0.540. The lowest BCUT2D eigenvalue weighted by atomic mass is 10.3. The number of rotatable bonds is 8. The van der Waals surface area contributed by atoms with Gasteiger partial charge in [-0.25, -0.2) is 13.6 Å². The SMILES string of the molecule is CC[C@H](C)NC(=O)NC(=O)COC(=O)CCSc1ccc(F)c(F)c1. The van der Waals surface area contributed by atoms with Crippen LogP contribution in [0.15, 0.2) is 23.1 Å². The monoisotopic (exact) mass is 374 g/mol. The van der Waals surface area contributed by atoms with Crippen LogP contribution in [0.1, 0.15) is 26.7 Å². The first-order valence-corrected chi connectivity index (χ1v) is 8.64. The van der Waals surface area contributed by atoms with Crippen LogP contribution in [-0.4, -0.2) is 36.3 Å². The van der Waals surface area contributed by atoms with E-state index in [2.05, 4.69) is 5.32 Å². The van der Waals surface area contributed by atoms with Crippen LogP contribution in [0.25, 0.3) is 0 Å². The maximum Gasteiger partial charge on any atom is 0.321 e. The third-order valence-corrected chi connectivity index (χ3v) is 4.07. The van der Waals surface area contributed by atoms with Crippen molar-refractivity contribution in [3.8, 4) is 0 Å². The van der Waals surface area contributed by atoms with Crippen LogP contribution in [0.5, 0.6) is 0 Å². The molecule has 9 heteroatoms. The number of esters is 1. The van der Waals surface area contributed by atoms with Crippen LogP contribution in [0.3, 0.4) is 0 Å². The summed E-state index contributed by atoms with van der Waals surface area (Å²) in [6.07, 6.45) is 0.697. The van der Waals surface area contributed by atoms with E-state index < -0.39 is 36.1 Å². The first kappa shape index (κ1) is 20.9. The molecule has 3 amide bonds. The maximum absolute atomic E-state index is 13.0. The Morgan fingerprint density at radius 2 is 1.96 bits per heavy atom. The molecular formula is C16H20F2N2O4S. The van der Waals surface area contributed by atoms with E-state index in [1.807, 2.05) is 12.2 Å². The van der Waals surface area contributed by atoms with Gasteiger partial charge in [-0.3, -0.25) is 14.9 Å². The second kappa shape index (κ2) is 10.7. The first-order chi connectivity index (χ1) is 11.8. The van der Waals surface area contributed by atoms with Gasteiger partial charge in [-0.15, -0.1) is 11.8 Å². The fourth-order valence-corrected chi connectivity index (χ4v) is 2.42. The van der Waals surface area contributed by atoms with Gasteiger partial charge in [0.15, 0.2) is 18.2 Å². The molecule has 0 spiro atoms. The van der Waals surface area contributed by atoms with Crippen molar-refractivity contribution in [2.75, 3.05) is 12.4 Å². The van der Waals surface area contributed by atoms with Crippen molar-refractivity contribution in [2.24, 2.45) is 0 Å². The highest BCUT2D eigenvalue weighted by Crippen LogP contribution is 2.21. The molecule has 1 atom stereocenters. The molecule has 1 aromatic rings. The fraction of sp³-hybridized carbons (Fsp3) is 0.438. The number of carbonyl (C=O) groups is 3. The van der Waals surface area contributed by atoms with Crippen molar-refractivity contribution in [1.29, 1.82) is 0 Å². The van der Waals surface area contributed by atoms with Crippen LogP contribution in [0.2, 0.25) is 0 Å². The zero-order valence-corrected chi connectivity index (χ0v) is 14.8. The molecule has 0 aliphatic heterocycles. The number of urea groups is 1. The number of ether oxygens (including phenoxy) is 1. The summed E-state index contributed by atoms with van der Waals surface area (Å²) in [4.78, 5) is 34.9. The van der Waals surface area contributed by atoms with Gasteiger partial charge in [-0.1, -0.05) is 6.92 Å². The van der Waals surface area contributed by atoms with E-state index in [9.17, 15) is 23.2 Å². The van der Waals surface area contributed by atoms with Crippen molar-refractivity contribution >= 4 is 29.7 Å². The molecule has 2 N–H and O–H groups in total. The predicted molar refractivity (Wildman–Crippen MR) is 89.1 cm³/mol. The normalized spacial score (nSPS) is 11.5. The summed E-state index contributed by atoms with van der Waals surface area (Å²) in [5, 5.41) is 4.58. The molecule has 0 saturated carbocycles. The lowest BCUT2D eigenvalue weighted by molar-refractivity contribution is -0.147. The number of halogens is 2. The van der Waals surface area contributed by atoms with Crippen LogP contribution >= 0.6 is 11.8 Å². The largest absolute Gasteiger partial charge is 0.456 e. The standard InChI is InChI=1S/C16H20F2N2O4S/c1-3-10(2)19-16(23)20-14(21)9-24-15(22)6-7-25-11-4-5-12(17)13(18)8-11/h4-5,8,10H,3,6-7,9H2,1-2H3,(H2,19,20,21,23)/t10-/m0/s1. The Kier molecular flexibility index (Phi) is 8.90. The molecule has 0 heterocycles. The van der Waals surface area contributed by atoms with Crippen LogP contribution in [-0.2, 0) is 14.3 Å². The summed E-state index contributed by atoms with van der Waals surface area (Å²) in [5.41, 5.74) is 0. The van der Waals surface area contributed by atoms with E-state index in [1.54, 1.807) is 6.92 Å². The van der Waals surface area contributed by atoms with Crippen molar-refractivity contribution < 1.29 is 27.9 Å². The number of hydrogen-bond donors (Lipinski definition) is 2. The van der Waals surface area contributed by atoms with E-state index in [0.717, 1.165) is 23.9 Å². The molecule has 1 rings (SSSR count). The molecular weight excluding hydrogens is 354 g/mol. The topological polar surface area (TPSA) is 84.5 Å². The van der Waals surface area contributed by atoms with E-state index in [-0.39, 0.29) is 18.2 Å². The molecule has 138 valence electrons. The number of benzene rings is 1. The number of thioether (sulfide) groups is 1. The number of imide groups is 1. The minimum atomic E-state index is -0.958. The van der Waals surface area contributed by atoms with Gasteiger partial charge in [0.1, 0.15) is 0 Å². The minimum Gasteiger partial charge on any atom is -0.456 e. The van der Waals surface area contributed by atoms with Crippen molar-refractivity contribution in [3.63, 3.8) is 0 Å². The van der Waals surface area contributed by atoms with E-state index in [4.69, 9.17) is 4.74 Å². The average molecular weight is 374 g/mol. The Bertz CT molecular complexity index is 628. The lowest BCUT2D eigenvalue weighted by Gasteiger charge is -2.11. The third kappa shape index (κ3) is 8.48. The molecule has 6 nitrogen and oxygen atoms in total. The molecule has 0 aliphatic rings. The van der Waals surface area contributed by atoms with Gasteiger partial charge in [0.2, 0.25) is 0 Å². The lowest BCUT2D eigenvalue weighted by Crippen LogP contribution is -2.44. The van der Waals surface area contributed by atoms with Gasteiger partial charge in [0.05, 0.1) is 6.42 Å². The maximum atomic E-state index is 13.0. The van der Waals surface area contributed by atoms with Gasteiger partial charge in [-0.05, 0) is 31.5 Å². The second-order valence-electron chi connectivity index (χ2n) is 5.17. The third-order valence-electron chi connectivity index (χ3n) is 3.07. The van der Waals surface area contributed by atoms with Gasteiger partial charge < -0.3 is 10.1 Å². The van der Waals surface area contributed by atoms with Crippen LogP contribution < -0.4 is 10.6 Å². The van der Waals surface area contributed by atoms with E-state index >= 15 is 0 Å². The molecule has 0 aromatic heterocycles. The number of amides is 3. The molecule has 0 fully saturated rings. The van der Waals surface area contributed by atoms with Crippen molar-refractivity contribution in [2.45, 2.75) is 37.6 Å². The van der Waals surface area contributed by atoms with Crippen LogP contribution in [0, 0.1) is 11.6 Å². The molecule has 25 heavy (non-hydrogen) atoms. The Hall–Kier alpha value is -2.16. The van der Waals surface area contributed by atoms with Gasteiger partial charge in [-0.2, -0.15) is 0 Å². The molecule has 0 unspecified atom stereocenters. The molecule has 1 aromatic carbocycles. The van der Waals surface area contributed by atoms with E-state index in [1.165, 1.54) is 6.07 Å².